The molecule has 1 heterocycles. The molecule has 0 aromatic carbocycles. The van der Waals surface area contributed by atoms with Crippen LogP contribution in [0.4, 0.5) is 0 Å². The van der Waals surface area contributed by atoms with E-state index in [4.69, 9.17) is 4.98 Å². The van der Waals surface area contributed by atoms with E-state index >= 15 is 0 Å². The molecular weight excluding hydrogens is 268 g/mol. The minimum absolute atomic E-state index is 0.929. The summed E-state index contributed by atoms with van der Waals surface area (Å²) < 4.78 is 0. The second-order valence-corrected chi connectivity index (χ2v) is 5.65. The monoisotopic (exact) mass is 292 g/mol. The Morgan fingerprint density at radius 3 is 2.68 bits per heavy atom. The fourth-order valence-corrected chi connectivity index (χ4v) is 2.42. The summed E-state index contributed by atoms with van der Waals surface area (Å²) >= 11 is 0. The van der Waals surface area contributed by atoms with Crippen molar-refractivity contribution < 1.29 is 0 Å². The molecule has 1 aliphatic carbocycles. The van der Waals surface area contributed by atoms with Crippen LogP contribution in [0.3, 0.4) is 0 Å². The van der Waals surface area contributed by atoms with E-state index < -0.39 is 0 Å². The molecule has 0 fully saturated rings. The third kappa shape index (κ3) is 4.39. The number of allylic oxidation sites excluding steroid dienone is 7. The van der Waals surface area contributed by atoms with Crippen LogP contribution in [0.5, 0.6) is 0 Å². The molecule has 0 radical (unpaired) electrons. The second-order valence-electron chi connectivity index (χ2n) is 5.65. The van der Waals surface area contributed by atoms with Gasteiger partial charge in [-0.2, -0.15) is 0 Å². The second kappa shape index (κ2) is 7.69. The van der Waals surface area contributed by atoms with E-state index in [9.17, 15) is 0 Å². The van der Waals surface area contributed by atoms with Gasteiger partial charge in [0.1, 0.15) is 0 Å². The molecule has 0 unspecified atom stereocenters. The van der Waals surface area contributed by atoms with Gasteiger partial charge in [-0.15, -0.1) is 0 Å². The van der Waals surface area contributed by atoms with Gasteiger partial charge >= 0.3 is 0 Å². The first kappa shape index (κ1) is 16.2. The van der Waals surface area contributed by atoms with Gasteiger partial charge in [0.15, 0.2) is 0 Å². The first-order valence-electron chi connectivity index (χ1n) is 7.82. The molecule has 1 aliphatic rings. The third-order valence-electron chi connectivity index (χ3n) is 3.60. The van der Waals surface area contributed by atoms with E-state index in [0.717, 1.165) is 29.8 Å². The normalized spacial score (nSPS) is 15.7. The van der Waals surface area contributed by atoms with Crippen LogP contribution in [-0.2, 0) is 0 Å². The van der Waals surface area contributed by atoms with Crippen LogP contribution >= 0.6 is 0 Å². The summed E-state index contributed by atoms with van der Waals surface area (Å²) in [6.45, 7) is 8.41. The Morgan fingerprint density at radius 1 is 1.14 bits per heavy atom. The zero-order chi connectivity index (χ0) is 15.9. The number of pyridine rings is 1. The summed E-state index contributed by atoms with van der Waals surface area (Å²) in [6.07, 6.45) is 14.4. The molecule has 0 aliphatic heterocycles. The van der Waals surface area contributed by atoms with E-state index in [2.05, 4.69) is 56.1 Å². The first-order valence-corrected chi connectivity index (χ1v) is 7.82. The zero-order valence-electron chi connectivity index (χ0n) is 13.9. The predicted octanol–water partition coefficient (Wildman–Crippen LogP) is 5.41. The number of aromatic nitrogens is 1. The Morgan fingerprint density at radius 2 is 1.95 bits per heavy atom. The highest BCUT2D eigenvalue weighted by Crippen LogP contribution is 2.24. The molecule has 1 aromatic heterocycles. The third-order valence-corrected chi connectivity index (χ3v) is 3.60. The number of aliphatic imine (C=N–C) groups is 1. The smallest absolute Gasteiger partial charge is 0.0668 e. The molecule has 0 saturated carbocycles. The van der Waals surface area contributed by atoms with E-state index in [1.54, 1.807) is 0 Å². The maximum Gasteiger partial charge on any atom is 0.0668 e. The molecule has 0 N–H and O–H groups in total. The molecule has 2 heteroatoms. The lowest BCUT2D eigenvalue weighted by molar-refractivity contribution is 1.14. The average molecular weight is 292 g/mol. The molecule has 0 bridgehead atoms. The quantitative estimate of drug-likeness (QED) is 0.681. The summed E-state index contributed by atoms with van der Waals surface area (Å²) in [6, 6.07) is 4.19. The van der Waals surface area contributed by atoms with Crippen LogP contribution < -0.4 is 0 Å². The first-order chi connectivity index (χ1) is 10.6. The summed E-state index contributed by atoms with van der Waals surface area (Å²) in [4.78, 5) is 9.05. The summed E-state index contributed by atoms with van der Waals surface area (Å²) in [5.41, 5.74) is 6.99. The fraction of sp³-hybridized carbons (Fsp3) is 0.300. The van der Waals surface area contributed by atoms with Crippen molar-refractivity contribution >= 4 is 11.8 Å². The standard InChI is InChI=1S/C20H24N2/c1-5-6-11-21-14-19-9-10-20(22-17(19)4)18-8-7-15(2)12-16(3)13-18/h6-7,9-14H,5,8H2,1-4H3/b11-6+,21-14?. The van der Waals surface area contributed by atoms with Crippen molar-refractivity contribution in [1.82, 2.24) is 4.98 Å². The fourth-order valence-electron chi connectivity index (χ4n) is 2.42. The van der Waals surface area contributed by atoms with E-state index in [1.807, 2.05) is 25.4 Å². The van der Waals surface area contributed by atoms with E-state index in [-0.39, 0.29) is 0 Å². The van der Waals surface area contributed by atoms with Crippen molar-refractivity contribution in [3.8, 4) is 0 Å². The SMILES string of the molecule is CC/C=C/N=Cc1ccc(C2=CC(C)=CC(C)=CC2)nc1C. The minimum Gasteiger partial charge on any atom is -0.264 e. The van der Waals surface area contributed by atoms with Crippen molar-refractivity contribution in [1.29, 1.82) is 0 Å². The highest BCUT2D eigenvalue weighted by molar-refractivity contribution is 5.82. The zero-order valence-corrected chi connectivity index (χ0v) is 13.9. The molecule has 0 saturated heterocycles. The average Bonchev–Trinajstić information content (AvgIpc) is 2.65. The van der Waals surface area contributed by atoms with Gasteiger partial charge in [0.25, 0.3) is 0 Å². The topological polar surface area (TPSA) is 25.2 Å². The van der Waals surface area contributed by atoms with Crippen LogP contribution in [0.25, 0.3) is 5.57 Å². The molecule has 1 aromatic rings. The maximum atomic E-state index is 4.76. The van der Waals surface area contributed by atoms with Crippen LogP contribution in [0.2, 0.25) is 0 Å². The number of rotatable bonds is 4. The van der Waals surface area contributed by atoms with Crippen molar-refractivity contribution in [3.05, 3.63) is 70.7 Å². The van der Waals surface area contributed by atoms with Gasteiger partial charge in [-0.1, -0.05) is 42.4 Å². The summed E-state index contributed by atoms with van der Waals surface area (Å²) in [5.74, 6) is 0. The van der Waals surface area contributed by atoms with Crippen molar-refractivity contribution in [3.63, 3.8) is 0 Å². The molecule has 2 rings (SSSR count). The lowest BCUT2D eigenvalue weighted by atomic mass is 10.0. The number of nitrogens with zero attached hydrogens (tertiary/aromatic N) is 2. The van der Waals surface area contributed by atoms with E-state index in [0.29, 0.717) is 0 Å². The molecule has 22 heavy (non-hydrogen) atoms. The minimum atomic E-state index is 0.929. The van der Waals surface area contributed by atoms with Gasteiger partial charge < -0.3 is 0 Å². The summed E-state index contributed by atoms with van der Waals surface area (Å²) in [7, 11) is 0. The highest BCUT2D eigenvalue weighted by atomic mass is 14.7. The molecule has 0 spiro atoms. The predicted molar refractivity (Wildman–Crippen MR) is 96.1 cm³/mol. The number of hydrogen-bond acceptors (Lipinski definition) is 2. The maximum absolute atomic E-state index is 4.76. The van der Waals surface area contributed by atoms with Gasteiger partial charge in [-0.05, 0) is 51.3 Å². The Hall–Kier alpha value is -2.22. The van der Waals surface area contributed by atoms with Crippen LogP contribution in [0.1, 0.15) is 50.6 Å². The number of aryl methyl sites for hydroxylation is 1. The Labute approximate surface area is 133 Å². The van der Waals surface area contributed by atoms with Crippen LogP contribution in [0, 0.1) is 6.92 Å². The largest absolute Gasteiger partial charge is 0.264 e. The van der Waals surface area contributed by atoms with Crippen molar-refractivity contribution in [2.45, 2.75) is 40.5 Å². The van der Waals surface area contributed by atoms with Gasteiger partial charge in [0, 0.05) is 23.7 Å². The van der Waals surface area contributed by atoms with Gasteiger partial charge in [0.05, 0.1) is 5.69 Å². The van der Waals surface area contributed by atoms with E-state index in [1.165, 1.54) is 16.7 Å². The lowest BCUT2D eigenvalue weighted by Crippen LogP contribution is -1.96. The van der Waals surface area contributed by atoms with Crippen LogP contribution in [-0.4, -0.2) is 11.2 Å². The molecule has 114 valence electrons. The number of hydrogen-bond donors (Lipinski definition) is 0. The molecule has 0 atom stereocenters. The van der Waals surface area contributed by atoms with Gasteiger partial charge in [-0.3, -0.25) is 9.98 Å². The molecular formula is C20H24N2. The Bertz CT molecular complexity index is 686. The molecule has 2 nitrogen and oxygen atoms in total. The van der Waals surface area contributed by atoms with Crippen LogP contribution in [0.15, 0.2) is 58.8 Å². The Balaban J connectivity index is 2.25. The lowest BCUT2D eigenvalue weighted by Gasteiger charge is -2.07. The molecule has 0 amide bonds. The van der Waals surface area contributed by atoms with Crippen molar-refractivity contribution in [2.75, 3.05) is 0 Å². The van der Waals surface area contributed by atoms with Gasteiger partial charge in [-0.25, -0.2) is 0 Å². The van der Waals surface area contributed by atoms with Gasteiger partial charge in [0.2, 0.25) is 0 Å². The van der Waals surface area contributed by atoms with Crippen molar-refractivity contribution in [2.24, 2.45) is 4.99 Å². The Kier molecular flexibility index (Phi) is 5.65. The highest BCUT2D eigenvalue weighted by Gasteiger charge is 2.07. The summed E-state index contributed by atoms with van der Waals surface area (Å²) in [5, 5.41) is 0.